The highest BCUT2D eigenvalue weighted by Gasteiger charge is 2.29. The Labute approximate surface area is 569 Å². The zero-order valence-electron chi connectivity index (χ0n) is 57.6. The second-order valence-electron chi connectivity index (χ2n) is 23.8. The normalized spacial score (nSPS) is 11.5. The molecule has 4 aromatic carbocycles. The molecule has 1 aliphatic rings. The molecule has 21 heteroatoms. The summed E-state index contributed by atoms with van der Waals surface area (Å²) in [5.41, 5.74) is 5.16. The Morgan fingerprint density at radius 3 is 0.784 bits per heavy atom. The molecule has 0 aromatic heterocycles. The fourth-order valence-corrected chi connectivity index (χ4v) is 11.0. The SMILES string of the molecule is C=CC(=O)OCCCOc1c2cc(C(=O)CCCCC)cc1Cc1cc(C(=O)CCCCC)cc(c1OCCCOC(=O)C(=O)OC)Cc1cc(C(=O)CCCCC)cc(c1OCCCOC(=O)C(C)=O)Cc1cc(C(=O)CCCCC)cc(c1OCCCOC(=O)C(=O)OC)C2. The van der Waals surface area contributed by atoms with E-state index in [0.29, 0.717) is 115 Å². The van der Waals surface area contributed by atoms with Gasteiger partial charge in [0.05, 0.1) is 67.1 Å². The van der Waals surface area contributed by atoms with Crippen LogP contribution in [-0.4, -0.2) is 132 Å². The molecule has 1 aliphatic carbocycles. The topological polar surface area (TPSA) is 280 Å². The number of ketones is 5. The molecule has 526 valence electrons. The van der Waals surface area contributed by atoms with Crippen molar-refractivity contribution in [3.8, 4) is 23.0 Å². The van der Waals surface area contributed by atoms with Gasteiger partial charge in [-0.2, -0.15) is 0 Å². The van der Waals surface area contributed by atoms with Gasteiger partial charge in [0.15, 0.2) is 23.1 Å². The zero-order valence-corrected chi connectivity index (χ0v) is 57.6. The van der Waals surface area contributed by atoms with Crippen LogP contribution in [0, 0.1) is 0 Å². The molecule has 0 radical (unpaired) electrons. The second kappa shape index (κ2) is 42.5. The molecule has 0 saturated heterocycles. The van der Waals surface area contributed by atoms with Gasteiger partial charge in [-0.25, -0.2) is 28.8 Å². The summed E-state index contributed by atoms with van der Waals surface area (Å²) in [7, 11) is 2.12. The summed E-state index contributed by atoms with van der Waals surface area (Å²) >= 11 is 0. The number of fused-ring (bicyclic) bond motifs is 8. The summed E-state index contributed by atoms with van der Waals surface area (Å²) in [6.45, 7) is 11.8. The quantitative estimate of drug-likeness (QED) is 0.00876. The van der Waals surface area contributed by atoms with Crippen LogP contribution >= 0.6 is 0 Å². The molecule has 0 unspecified atom stereocenters. The lowest BCUT2D eigenvalue weighted by molar-refractivity contribution is -0.166. The molecule has 0 saturated carbocycles. The molecule has 0 spiro atoms. The van der Waals surface area contributed by atoms with E-state index in [0.717, 1.165) is 78.6 Å². The highest BCUT2D eigenvalue weighted by Crippen LogP contribution is 2.42. The van der Waals surface area contributed by atoms with Crippen molar-refractivity contribution in [2.45, 2.75) is 189 Å². The Morgan fingerprint density at radius 1 is 0.330 bits per heavy atom. The van der Waals surface area contributed by atoms with Crippen LogP contribution in [0.1, 0.15) is 249 Å². The van der Waals surface area contributed by atoms with Crippen molar-refractivity contribution in [2.75, 3.05) is 67.1 Å². The molecule has 0 aliphatic heterocycles. The molecule has 0 fully saturated rings. The van der Waals surface area contributed by atoms with Crippen molar-refractivity contribution in [3.05, 3.63) is 128 Å². The van der Waals surface area contributed by atoms with Crippen molar-refractivity contribution in [1.82, 2.24) is 0 Å². The van der Waals surface area contributed by atoms with Gasteiger partial charge in [-0.05, 0) is 119 Å². The number of hydrogen-bond donors (Lipinski definition) is 0. The number of rotatable bonds is 42. The maximum atomic E-state index is 14.8. The molecule has 8 bridgehead atoms. The van der Waals surface area contributed by atoms with Crippen molar-refractivity contribution >= 4 is 64.7 Å². The first-order valence-corrected chi connectivity index (χ1v) is 34.0. The van der Waals surface area contributed by atoms with Crippen molar-refractivity contribution in [2.24, 2.45) is 0 Å². The second-order valence-corrected chi connectivity index (χ2v) is 23.8. The standard InChI is InChI=1S/C76H96O21/c1-9-14-18-26-63(78)51-38-55-46-59-42-53(65(80)28-20-16-11-3)44-61(70(59)93-33-24-36-96-75(86)73(84)88-7)48-57-40-52(64(79)27-19-15-10-2)41-58(69(57)92-32-23-35-95-72(83)50(6)77)49-62-45-54(66(81)29-21-17-12-4)43-60(71(62)94-34-25-37-97-76(87)74(85)89-8)47-56(39-51)68(55)91-31-22-30-90-67(82)13-5/h13,38-45H,5,9-12,14-37,46-49H2,1-4,6-8H3. The van der Waals surface area contributed by atoms with Gasteiger partial charge >= 0.3 is 35.8 Å². The largest absolute Gasteiger partial charge is 0.493 e. The molecule has 0 N–H and O–H groups in total. The lowest BCUT2D eigenvalue weighted by atomic mass is 9.86. The van der Waals surface area contributed by atoms with Gasteiger partial charge in [0.2, 0.25) is 5.78 Å². The molecule has 0 atom stereocenters. The molecule has 0 amide bonds. The lowest BCUT2D eigenvalue weighted by Gasteiger charge is -2.25. The number of ether oxygens (including phenoxy) is 10. The van der Waals surface area contributed by atoms with E-state index >= 15 is 0 Å². The average molecular weight is 1350 g/mol. The van der Waals surface area contributed by atoms with Gasteiger partial charge in [-0.1, -0.05) is 85.6 Å². The predicted molar refractivity (Wildman–Crippen MR) is 360 cm³/mol. The molecule has 97 heavy (non-hydrogen) atoms. The molecule has 0 heterocycles. The van der Waals surface area contributed by atoms with Gasteiger partial charge in [0.1, 0.15) is 23.0 Å². The average Bonchev–Trinajstić information content (AvgIpc) is 0.775. The Kier molecular flexibility index (Phi) is 34.5. The highest BCUT2D eigenvalue weighted by molar-refractivity contribution is 6.32. The van der Waals surface area contributed by atoms with E-state index in [-0.39, 0.29) is 153 Å². The summed E-state index contributed by atoms with van der Waals surface area (Å²) in [4.78, 5) is 145. The minimum atomic E-state index is -1.20. The Hall–Kier alpha value is -9.01. The zero-order chi connectivity index (χ0) is 70.7. The van der Waals surface area contributed by atoms with E-state index in [1.165, 1.54) is 0 Å². The van der Waals surface area contributed by atoms with E-state index in [4.69, 9.17) is 37.9 Å². The third-order valence-electron chi connectivity index (χ3n) is 16.1. The number of methoxy groups -OCH3 is 2. The van der Waals surface area contributed by atoms with Crippen LogP contribution in [0.3, 0.4) is 0 Å². The Morgan fingerprint density at radius 2 is 0.567 bits per heavy atom. The molecule has 4 aromatic rings. The maximum absolute atomic E-state index is 14.8. The van der Waals surface area contributed by atoms with Crippen molar-refractivity contribution in [1.29, 1.82) is 0 Å². The van der Waals surface area contributed by atoms with Crippen molar-refractivity contribution in [3.63, 3.8) is 0 Å². The predicted octanol–water partition coefficient (Wildman–Crippen LogP) is 12.8. The van der Waals surface area contributed by atoms with Crippen LogP contribution in [0.15, 0.2) is 61.2 Å². The number of carbonyl (C=O) groups excluding carboxylic acids is 11. The van der Waals surface area contributed by atoms with Crippen LogP contribution in [0.2, 0.25) is 0 Å². The summed E-state index contributed by atoms with van der Waals surface area (Å²) in [6.07, 6.45) is 11.1. The summed E-state index contributed by atoms with van der Waals surface area (Å²) in [5.74, 6) is -6.62. The Balaban J connectivity index is 2.00. The van der Waals surface area contributed by atoms with Gasteiger partial charge < -0.3 is 47.4 Å². The van der Waals surface area contributed by atoms with E-state index in [1.54, 1.807) is 48.5 Å². The van der Waals surface area contributed by atoms with Crippen LogP contribution in [0.5, 0.6) is 23.0 Å². The molecule has 5 rings (SSSR count). The monoisotopic (exact) mass is 1340 g/mol. The van der Waals surface area contributed by atoms with Gasteiger partial charge in [-0.3, -0.25) is 24.0 Å². The van der Waals surface area contributed by atoms with E-state index in [9.17, 15) is 52.7 Å². The van der Waals surface area contributed by atoms with Gasteiger partial charge in [0, 0.05) is 112 Å². The first kappa shape index (κ1) is 78.7. The third-order valence-corrected chi connectivity index (χ3v) is 16.1. The van der Waals surface area contributed by atoms with Crippen LogP contribution in [0.25, 0.3) is 0 Å². The third kappa shape index (κ3) is 25.5. The minimum Gasteiger partial charge on any atom is -0.493 e. The Bertz CT molecular complexity index is 3250. The number of unbranched alkanes of at least 4 members (excludes halogenated alkanes) is 8. The number of benzene rings is 4. The number of esters is 6. The van der Waals surface area contributed by atoms with Gasteiger partial charge in [-0.15, -0.1) is 0 Å². The highest BCUT2D eigenvalue weighted by atomic mass is 16.6. The van der Waals surface area contributed by atoms with Crippen LogP contribution < -0.4 is 18.9 Å². The maximum Gasteiger partial charge on any atom is 0.417 e. The molecular weight excluding hydrogens is 1250 g/mol. The van der Waals surface area contributed by atoms with E-state index in [1.807, 2.05) is 27.7 Å². The fraction of sp³-hybridized carbons (Fsp3) is 0.513. The summed E-state index contributed by atoms with van der Waals surface area (Å²) in [6, 6.07) is 14.1. The minimum absolute atomic E-state index is 0.00595. The van der Waals surface area contributed by atoms with Crippen LogP contribution in [0.4, 0.5) is 0 Å². The van der Waals surface area contributed by atoms with Crippen LogP contribution in [-0.2, 0) is 87.7 Å². The number of Topliss-reactive ketones (excluding diaryl/α,β-unsaturated/α-hetero) is 5. The van der Waals surface area contributed by atoms with E-state index < -0.39 is 41.6 Å². The van der Waals surface area contributed by atoms with Crippen molar-refractivity contribution < 1.29 is 100 Å². The number of hydrogen-bond acceptors (Lipinski definition) is 21. The molecule has 21 nitrogen and oxygen atoms in total. The number of carbonyl (C=O) groups is 11. The lowest BCUT2D eigenvalue weighted by Crippen LogP contribution is -2.20. The first-order valence-electron chi connectivity index (χ1n) is 34.0. The fourth-order valence-electron chi connectivity index (χ4n) is 11.0. The van der Waals surface area contributed by atoms with Gasteiger partial charge in [0.25, 0.3) is 0 Å². The summed E-state index contributed by atoms with van der Waals surface area (Å²) in [5, 5.41) is 0. The smallest absolute Gasteiger partial charge is 0.417 e. The molecular formula is C76H96O21. The first-order chi connectivity index (χ1) is 46.8. The summed E-state index contributed by atoms with van der Waals surface area (Å²) < 4.78 is 57.7. The van der Waals surface area contributed by atoms with E-state index in [2.05, 4.69) is 16.1 Å².